The number of aromatic nitrogens is 2. The molecule has 2 aromatic rings. The van der Waals surface area contributed by atoms with Crippen LogP contribution in [0.5, 0.6) is 5.75 Å². The van der Waals surface area contributed by atoms with E-state index in [-0.39, 0.29) is 17.7 Å². The van der Waals surface area contributed by atoms with Crippen molar-refractivity contribution in [3.63, 3.8) is 0 Å². The number of aryl methyl sites for hydroxylation is 1. The lowest BCUT2D eigenvalue weighted by Gasteiger charge is -2.47. The summed E-state index contributed by atoms with van der Waals surface area (Å²) < 4.78 is 7.86. The van der Waals surface area contributed by atoms with Gasteiger partial charge in [0, 0.05) is 31.3 Å². The molecule has 1 aliphatic carbocycles. The summed E-state index contributed by atoms with van der Waals surface area (Å²) in [5.41, 5.74) is 0.943. The number of ether oxygens (including phenoxy) is 1. The molecule has 1 aromatic heterocycles. The van der Waals surface area contributed by atoms with Crippen LogP contribution in [0.2, 0.25) is 0 Å². The van der Waals surface area contributed by atoms with Gasteiger partial charge in [-0.15, -0.1) is 0 Å². The molecule has 120 valence electrons. The van der Waals surface area contributed by atoms with E-state index in [1.165, 1.54) is 6.42 Å². The molecule has 2 aliphatic rings. The Hall–Kier alpha value is -2.50. The zero-order chi connectivity index (χ0) is 15.9. The van der Waals surface area contributed by atoms with Gasteiger partial charge in [-0.2, -0.15) is 5.10 Å². The lowest BCUT2D eigenvalue weighted by Crippen LogP contribution is -2.50. The quantitative estimate of drug-likeness (QED) is 0.896. The molecule has 6 nitrogen and oxygen atoms in total. The highest BCUT2D eigenvalue weighted by atomic mass is 16.5. The molecule has 1 spiro atoms. The molecule has 0 saturated heterocycles. The van der Waals surface area contributed by atoms with E-state index in [4.69, 9.17) is 4.74 Å². The number of rotatable bonds is 2. The Kier molecular flexibility index (Phi) is 3.25. The van der Waals surface area contributed by atoms with E-state index in [1.807, 2.05) is 31.3 Å². The second-order valence-electron chi connectivity index (χ2n) is 6.41. The van der Waals surface area contributed by atoms with Crippen molar-refractivity contribution in [3.05, 3.63) is 42.1 Å². The van der Waals surface area contributed by atoms with Crippen LogP contribution in [-0.2, 0) is 7.05 Å². The van der Waals surface area contributed by atoms with E-state index in [0.29, 0.717) is 5.82 Å². The molecule has 1 atom stereocenters. The van der Waals surface area contributed by atoms with Crippen LogP contribution in [0.4, 0.5) is 10.6 Å². The third-order valence-corrected chi connectivity index (χ3v) is 4.72. The number of fused-ring (bicyclic) bond motifs is 1. The lowest BCUT2D eigenvalue weighted by molar-refractivity contribution is -0.0354. The zero-order valence-electron chi connectivity index (χ0n) is 13.1. The summed E-state index contributed by atoms with van der Waals surface area (Å²) >= 11 is 0. The number of benzene rings is 1. The summed E-state index contributed by atoms with van der Waals surface area (Å²) in [5, 5.41) is 10.0. The number of hydrogen-bond acceptors (Lipinski definition) is 3. The number of nitrogens with one attached hydrogen (secondary N) is 2. The van der Waals surface area contributed by atoms with Crippen LogP contribution in [0.1, 0.15) is 37.3 Å². The maximum Gasteiger partial charge on any atom is 0.320 e. The Morgan fingerprint density at radius 2 is 2.17 bits per heavy atom. The zero-order valence-corrected chi connectivity index (χ0v) is 13.1. The largest absolute Gasteiger partial charge is 0.487 e. The van der Waals surface area contributed by atoms with Crippen molar-refractivity contribution in [1.29, 1.82) is 0 Å². The average Bonchev–Trinajstić information content (AvgIpc) is 2.90. The van der Waals surface area contributed by atoms with Gasteiger partial charge in [-0.3, -0.25) is 10.00 Å². The third-order valence-electron chi connectivity index (χ3n) is 4.72. The van der Waals surface area contributed by atoms with Gasteiger partial charge < -0.3 is 10.1 Å². The van der Waals surface area contributed by atoms with Gasteiger partial charge in [0.05, 0.1) is 6.04 Å². The highest BCUT2D eigenvalue weighted by Gasteiger charge is 2.45. The summed E-state index contributed by atoms with van der Waals surface area (Å²) in [5.74, 6) is 1.44. The number of urea groups is 1. The summed E-state index contributed by atoms with van der Waals surface area (Å²) in [7, 11) is 1.82. The van der Waals surface area contributed by atoms with Crippen LogP contribution in [-0.4, -0.2) is 21.4 Å². The third kappa shape index (κ3) is 2.65. The Morgan fingerprint density at radius 1 is 1.35 bits per heavy atom. The first-order valence-corrected chi connectivity index (χ1v) is 7.99. The first-order chi connectivity index (χ1) is 11.1. The highest BCUT2D eigenvalue weighted by Crippen LogP contribution is 2.48. The van der Waals surface area contributed by atoms with Gasteiger partial charge in [-0.25, -0.2) is 4.79 Å². The van der Waals surface area contributed by atoms with Crippen molar-refractivity contribution < 1.29 is 9.53 Å². The van der Waals surface area contributed by atoms with Crippen molar-refractivity contribution >= 4 is 11.8 Å². The molecule has 1 fully saturated rings. The van der Waals surface area contributed by atoms with Crippen LogP contribution >= 0.6 is 0 Å². The van der Waals surface area contributed by atoms with Crippen LogP contribution < -0.4 is 15.4 Å². The number of hydrogen-bond donors (Lipinski definition) is 2. The fourth-order valence-corrected chi connectivity index (χ4v) is 3.42. The van der Waals surface area contributed by atoms with E-state index in [9.17, 15) is 4.79 Å². The first kappa shape index (κ1) is 14.1. The number of carbonyl (C=O) groups excluding carboxylic acids is 1. The summed E-state index contributed by atoms with van der Waals surface area (Å²) in [4.78, 5) is 12.3. The molecule has 4 rings (SSSR count). The number of para-hydroxylation sites is 1. The lowest BCUT2D eigenvalue weighted by atomic mass is 9.73. The second kappa shape index (κ2) is 5.30. The molecule has 0 bridgehead atoms. The molecular formula is C17H20N4O2. The SMILES string of the molecule is Cn1ccc(NC(=O)N[C@H]2CC3(CCC3)Oc3ccccc32)n1. The standard InChI is InChI=1S/C17H20N4O2/c1-21-10-7-15(20-21)19-16(22)18-13-11-17(8-4-9-17)23-14-6-3-2-5-12(13)14/h2-3,5-7,10,13H,4,8-9,11H2,1H3,(H2,18,19,20,22)/t13-/m0/s1. The normalized spacial score (nSPS) is 21.0. The number of nitrogens with zero attached hydrogens (tertiary/aromatic N) is 2. The molecule has 0 radical (unpaired) electrons. The van der Waals surface area contributed by atoms with E-state index in [2.05, 4.69) is 15.7 Å². The molecule has 1 saturated carbocycles. The predicted octanol–water partition coefficient (Wildman–Crippen LogP) is 2.99. The summed E-state index contributed by atoms with van der Waals surface area (Å²) in [6.45, 7) is 0. The Morgan fingerprint density at radius 3 is 2.87 bits per heavy atom. The molecule has 1 aromatic carbocycles. The van der Waals surface area contributed by atoms with Gasteiger partial charge >= 0.3 is 6.03 Å². The van der Waals surface area contributed by atoms with Crippen LogP contribution in [0, 0.1) is 0 Å². The second-order valence-corrected chi connectivity index (χ2v) is 6.41. The summed E-state index contributed by atoms with van der Waals surface area (Å²) in [6.07, 6.45) is 5.92. The van der Waals surface area contributed by atoms with E-state index >= 15 is 0 Å². The molecule has 0 unspecified atom stereocenters. The monoisotopic (exact) mass is 312 g/mol. The van der Waals surface area contributed by atoms with E-state index in [1.54, 1.807) is 16.9 Å². The Labute approximate surface area is 134 Å². The molecule has 2 heterocycles. The first-order valence-electron chi connectivity index (χ1n) is 7.99. The predicted molar refractivity (Wildman–Crippen MR) is 86.4 cm³/mol. The Bertz CT molecular complexity index is 736. The van der Waals surface area contributed by atoms with Crippen molar-refractivity contribution in [2.45, 2.75) is 37.3 Å². The van der Waals surface area contributed by atoms with Crippen molar-refractivity contribution in [2.24, 2.45) is 7.05 Å². The van der Waals surface area contributed by atoms with E-state index < -0.39 is 0 Å². The topological polar surface area (TPSA) is 68.2 Å². The van der Waals surface area contributed by atoms with Crippen LogP contribution in [0.25, 0.3) is 0 Å². The number of amides is 2. The van der Waals surface area contributed by atoms with Gasteiger partial charge in [0.15, 0.2) is 5.82 Å². The molecule has 2 amide bonds. The fourth-order valence-electron chi connectivity index (χ4n) is 3.42. The highest BCUT2D eigenvalue weighted by molar-refractivity contribution is 5.88. The molecular weight excluding hydrogens is 292 g/mol. The van der Waals surface area contributed by atoms with Crippen LogP contribution in [0.3, 0.4) is 0 Å². The smallest absolute Gasteiger partial charge is 0.320 e. The van der Waals surface area contributed by atoms with Crippen molar-refractivity contribution in [2.75, 3.05) is 5.32 Å². The summed E-state index contributed by atoms with van der Waals surface area (Å²) in [6, 6.07) is 9.45. The maximum atomic E-state index is 12.3. The maximum absolute atomic E-state index is 12.3. The molecule has 2 N–H and O–H groups in total. The minimum atomic E-state index is -0.236. The fraction of sp³-hybridized carbons (Fsp3) is 0.412. The van der Waals surface area contributed by atoms with E-state index in [0.717, 1.165) is 30.6 Å². The molecule has 1 aliphatic heterocycles. The van der Waals surface area contributed by atoms with Crippen molar-refractivity contribution in [3.8, 4) is 5.75 Å². The minimum Gasteiger partial charge on any atom is -0.487 e. The molecule has 6 heteroatoms. The van der Waals surface area contributed by atoms with Gasteiger partial charge in [0.1, 0.15) is 11.4 Å². The number of carbonyl (C=O) groups is 1. The molecule has 23 heavy (non-hydrogen) atoms. The average molecular weight is 312 g/mol. The van der Waals surface area contributed by atoms with Gasteiger partial charge in [0.25, 0.3) is 0 Å². The van der Waals surface area contributed by atoms with Gasteiger partial charge in [0.2, 0.25) is 0 Å². The van der Waals surface area contributed by atoms with Crippen LogP contribution in [0.15, 0.2) is 36.5 Å². The van der Waals surface area contributed by atoms with Gasteiger partial charge in [-0.05, 0) is 25.3 Å². The van der Waals surface area contributed by atoms with Gasteiger partial charge in [-0.1, -0.05) is 18.2 Å². The van der Waals surface area contributed by atoms with Crippen molar-refractivity contribution in [1.82, 2.24) is 15.1 Å². The minimum absolute atomic E-state index is 0.0380. The number of anilines is 1. The Balaban J connectivity index is 1.52.